The van der Waals surface area contributed by atoms with E-state index >= 15 is 0 Å². The molecule has 3 unspecified atom stereocenters. The summed E-state index contributed by atoms with van der Waals surface area (Å²) in [5, 5.41) is 8.90. The molecular formula is C13H25NO3. The van der Waals surface area contributed by atoms with E-state index in [1.54, 1.807) is 0 Å². The fraction of sp³-hybridized carbons (Fsp3) is 0.923. The van der Waals surface area contributed by atoms with Crippen LogP contribution in [-0.4, -0.2) is 29.3 Å². The van der Waals surface area contributed by atoms with Crippen LogP contribution in [-0.2, 0) is 9.53 Å². The van der Waals surface area contributed by atoms with Crippen molar-refractivity contribution in [1.82, 2.24) is 0 Å². The first kappa shape index (κ1) is 14.5. The smallest absolute Gasteiger partial charge is 0.323 e. The summed E-state index contributed by atoms with van der Waals surface area (Å²) in [6.45, 7) is 4.17. The maximum atomic E-state index is 10.8. The standard InChI is InChI=1S/C13H25NO3/c1-3-10-6-4-5-7-11(10)17-9-8-13(2,14)12(15)16/h10-11H,3-9,14H2,1-2H3,(H,15,16). The van der Waals surface area contributed by atoms with Crippen molar-refractivity contribution in [3.8, 4) is 0 Å². The first-order valence-electron chi connectivity index (χ1n) is 6.61. The second-order valence-electron chi connectivity index (χ2n) is 5.33. The van der Waals surface area contributed by atoms with Crippen LogP contribution in [0.25, 0.3) is 0 Å². The lowest BCUT2D eigenvalue weighted by molar-refractivity contribution is -0.143. The Morgan fingerprint density at radius 1 is 1.47 bits per heavy atom. The predicted molar refractivity (Wildman–Crippen MR) is 66.8 cm³/mol. The Balaban J connectivity index is 2.32. The average Bonchev–Trinajstić information content (AvgIpc) is 2.29. The van der Waals surface area contributed by atoms with Crippen molar-refractivity contribution in [2.45, 2.75) is 64.0 Å². The summed E-state index contributed by atoms with van der Waals surface area (Å²) in [6.07, 6.45) is 6.67. The molecule has 0 aromatic heterocycles. The first-order valence-corrected chi connectivity index (χ1v) is 6.61. The number of ether oxygens (including phenoxy) is 1. The molecule has 0 saturated heterocycles. The zero-order chi connectivity index (χ0) is 12.9. The topological polar surface area (TPSA) is 72.5 Å². The first-order chi connectivity index (χ1) is 7.97. The van der Waals surface area contributed by atoms with Crippen LogP contribution < -0.4 is 5.73 Å². The molecule has 0 heterocycles. The highest BCUT2D eigenvalue weighted by Crippen LogP contribution is 2.29. The van der Waals surface area contributed by atoms with Crippen LogP contribution in [0.15, 0.2) is 0 Å². The second-order valence-corrected chi connectivity index (χ2v) is 5.33. The van der Waals surface area contributed by atoms with Crippen LogP contribution >= 0.6 is 0 Å². The summed E-state index contributed by atoms with van der Waals surface area (Å²) in [6, 6.07) is 0. The molecule has 0 radical (unpaired) electrons. The largest absolute Gasteiger partial charge is 0.480 e. The molecule has 4 heteroatoms. The second kappa shape index (κ2) is 6.36. The number of carbonyl (C=O) groups is 1. The lowest BCUT2D eigenvalue weighted by atomic mass is 9.84. The summed E-state index contributed by atoms with van der Waals surface area (Å²) in [7, 11) is 0. The Hall–Kier alpha value is -0.610. The summed E-state index contributed by atoms with van der Waals surface area (Å²) < 4.78 is 5.83. The quantitative estimate of drug-likeness (QED) is 0.750. The highest BCUT2D eigenvalue weighted by Gasteiger charge is 2.29. The van der Waals surface area contributed by atoms with Crippen molar-refractivity contribution in [3.63, 3.8) is 0 Å². The van der Waals surface area contributed by atoms with Gasteiger partial charge >= 0.3 is 5.97 Å². The Morgan fingerprint density at radius 2 is 2.12 bits per heavy atom. The minimum atomic E-state index is -1.17. The van der Waals surface area contributed by atoms with E-state index in [-0.39, 0.29) is 0 Å². The molecule has 0 aromatic carbocycles. The van der Waals surface area contributed by atoms with Gasteiger partial charge in [0.2, 0.25) is 0 Å². The van der Waals surface area contributed by atoms with Gasteiger partial charge in [-0.3, -0.25) is 4.79 Å². The van der Waals surface area contributed by atoms with Crippen LogP contribution in [0, 0.1) is 5.92 Å². The highest BCUT2D eigenvalue weighted by molar-refractivity contribution is 5.77. The lowest BCUT2D eigenvalue weighted by Gasteiger charge is -2.31. The van der Waals surface area contributed by atoms with E-state index in [9.17, 15) is 4.79 Å². The zero-order valence-corrected chi connectivity index (χ0v) is 10.9. The Kier molecular flexibility index (Phi) is 5.40. The van der Waals surface area contributed by atoms with E-state index < -0.39 is 11.5 Å². The molecular weight excluding hydrogens is 218 g/mol. The Labute approximate surface area is 104 Å². The van der Waals surface area contributed by atoms with Gasteiger partial charge in [-0.1, -0.05) is 26.2 Å². The van der Waals surface area contributed by atoms with Crippen molar-refractivity contribution >= 4 is 5.97 Å². The van der Waals surface area contributed by atoms with Gasteiger partial charge in [0.25, 0.3) is 0 Å². The lowest BCUT2D eigenvalue weighted by Crippen LogP contribution is -2.46. The highest BCUT2D eigenvalue weighted by atomic mass is 16.5. The molecule has 17 heavy (non-hydrogen) atoms. The summed E-state index contributed by atoms with van der Waals surface area (Å²) >= 11 is 0. The average molecular weight is 243 g/mol. The van der Waals surface area contributed by atoms with Crippen molar-refractivity contribution in [2.24, 2.45) is 11.7 Å². The molecule has 1 fully saturated rings. The van der Waals surface area contributed by atoms with E-state index in [0.717, 1.165) is 12.8 Å². The predicted octanol–water partition coefficient (Wildman–Crippen LogP) is 2.16. The minimum absolute atomic E-state index is 0.304. The summed E-state index contributed by atoms with van der Waals surface area (Å²) in [5.41, 5.74) is 4.49. The van der Waals surface area contributed by atoms with Crippen LogP contribution in [0.1, 0.15) is 52.4 Å². The number of rotatable bonds is 6. The number of nitrogens with two attached hydrogens (primary N) is 1. The molecule has 1 aliphatic rings. The minimum Gasteiger partial charge on any atom is -0.480 e. The van der Waals surface area contributed by atoms with Gasteiger partial charge in [-0.15, -0.1) is 0 Å². The third-order valence-corrected chi connectivity index (χ3v) is 3.81. The third kappa shape index (κ3) is 4.28. The third-order valence-electron chi connectivity index (χ3n) is 3.81. The zero-order valence-electron chi connectivity index (χ0n) is 10.9. The molecule has 0 aromatic rings. The van der Waals surface area contributed by atoms with Crippen LogP contribution in [0.5, 0.6) is 0 Å². The molecule has 1 rings (SSSR count). The number of carboxylic acid groups (broad SMARTS) is 1. The molecule has 3 N–H and O–H groups in total. The van der Waals surface area contributed by atoms with Crippen molar-refractivity contribution in [3.05, 3.63) is 0 Å². The van der Waals surface area contributed by atoms with E-state index in [2.05, 4.69) is 6.92 Å². The number of aliphatic carboxylic acids is 1. The Bertz CT molecular complexity index is 253. The van der Waals surface area contributed by atoms with Gasteiger partial charge in [0, 0.05) is 6.61 Å². The number of hydrogen-bond acceptors (Lipinski definition) is 3. The number of carboxylic acids is 1. The number of hydrogen-bond donors (Lipinski definition) is 2. The van der Waals surface area contributed by atoms with Gasteiger partial charge < -0.3 is 15.6 Å². The maximum Gasteiger partial charge on any atom is 0.323 e. The molecule has 0 spiro atoms. The van der Waals surface area contributed by atoms with Crippen molar-refractivity contribution in [1.29, 1.82) is 0 Å². The van der Waals surface area contributed by atoms with Gasteiger partial charge in [-0.2, -0.15) is 0 Å². The van der Waals surface area contributed by atoms with Gasteiger partial charge in [0.1, 0.15) is 5.54 Å². The molecule has 3 atom stereocenters. The molecule has 1 saturated carbocycles. The van der Waals surface area contributed by atoms with E-state index in [4.69, 9.17) is 15.6 Å². The SMILES string of the molecule is CCC1CCCCC1OCCC(C)(N)C(=O)O. The van der Waals surface area contributed by atoms with Crippen molar-refractivity contribution < 1.29 is 14.6 Å². The van der Waals surface area contributed by atoms with Gasteiger partial charge in [0.05, 0.1) is 6.10 Å². The van der Waals surface area contributed by atoms with Crippen molar-refractivity contribution in [2.75, 3.05) is 6.61 Å². The molecule has 0 bridgehead atoms. The summed E-state index contributed by atoms with van der Waals surface area (Å²) in [4.78, 5) is 10.8. The molecule has 4 nitrogen and oxygen atoms in total. The maximum absolute atomic E-state index is 10.8. The van der Waals surface area contributed by atoms with Crippen LogP contribution in [0.2, 0.25) is 0 Å². The molecule has 100 valence electrons. The fourth-order valence-electron chi connectivity index (χ4n) is 2.39. The van der Waals surface area contributed by atoms with Gasteiger partial charge in [-0.05, 0) is 32.1 Å². The normalized spacial score (nSPS) is 28.6. The van der Waals surface area contributed by atoms with Gasteiger partial charge in [0.15, 0.2) is 0 Å². The van der Waals surface area contributed by atoms with Crippen LogP contribution in [0.4, 0.5) is 0 Å². The van der Waals surface area contributed by atoms with E-state index in [0.29, 0.717) is 25.0 Å². The molecule has 0 aliphatic heterocycles. The molecule has 1 aliphatic carbocycles. The molecule has 0 amide bonds. The Morgan fingerprint density at radius 3 is 2.71 bits per heavy atom. The van der Waals surface area contributed by atoms with E-state index in [1.165, 1.54) is 26.2 Å². The van der Waals surface area contributed by atoms with Crippen LogP contribution in [0.3, 0.4) is 0 Å². The summed E-state index contributed by atoms with van der Waals surface area (Å²) in [5.74, 6) is -0.325. The fourth-order valence-corrected chi connectivity index (χ4v) is 2.39. The van der Waals surface area contributed by atoms with E-state index in [1.807, 2.05) is 0 Å². The van der Waals surface area contributed by atoms with Gasteiger partial charge in [-0.25, -0.2) is 0 Å². The monoisotopic (exact) mass is 243 g/mol.